The first-order valence-electron chi connectivity index (χ1n) is 7.95. The highest BCUT2D eigenvalue weighted by Crippen LogP contribution is 2.30. The number of ether oxygens (including phenoxy) is 1. The topological polar surface area (TPSA) is 31.2 Å². The minimum Gasteiger partial charge on any atom is -0.492 e. The summed E-state index contributed by atoms with van der Waals surface area (Å²) in [6, 6.07) is 10.1. The van der Waals surface area contributed by atoms with Crippen LogP contribution in [0, 0.1) is 6.92 Å². The first-order chi connectivity index (χ1) is 12.7. The van der Waals surface area contributed by atoms with Crippen LogP contribution in [0.4, 0.5) is 13.2 Å². The monoisotopic (exact) mass is 459 g/mol. The zero-order valence-electron chi connectivity index (χ0n) is 14.1. The number of hydrogen-bond acceptors (Lipinski definition) is 2. The summed E-state index contributed by atoms with van der Waals surface area (Å²) < 4.78 is 46.6. The lowest BCUT2D eigenvalue weighted by Crippen LogP contribution is -2.22. The molecule has 0 atom stereocenters. The molecule has 0 aliphatic carbocycles. The van der Waals surface area contributed by atoms with Gasteiger partial charge < -0.3 is 9.30 Å². The maximum atomic E-state index is 12.9. The van der Waals surface area contributed by atoms with E-state index in [1.165, 1.54) is 12.3 Å². The van der Waals surface area contributed by atoms with Crippen molar-refractivity contribution in [2.24, 2.45) is 0 Å². The van der Waals surface area contributed by atoms with Crippen molar-refractivity contribution in [2.75, 3.05) is 6.61 Å². The molecule has 0 N–H and O–H groups in total. The molecule has 0 bridgehead atoms. The Bertz CT molecular complexity index is 1010. The maximum Gasteiger partial charge on any atom is 0.454 e. The van der Waals surface area contributed by atoms with Crippen LogP contribution in [0.2, 0.25) is 5.02 Å². The van der Waals surface area contributed by atoms with E-state index in [1.54, 1.807) is 34.9 Å². The summed E-state index contributed by atoms with van der Waals surface area (Å²) in [7, 11) is 0. The smallest absolute Gasteiger partial charge is 0.454 e. The Labute approximate surface area is 166 Å². The van der Waals surface area contributed by atoms with E-state index in [1.807, 2.05) is 6.92 Å². The molecule has 142 valence electrons. The van der Waals surface area contributed by atoms with Crippen molar-refractivity contribution >= 4 is 44.2 Å². The molecule has 0 saturated heterocycles. The van der Waals surface area contributed by atoms with Crippen molar-refractivity contribution in [3.63, 3.8) is 0 Å². The van der Waals surface area contributed by atoms with E-state index in [-0.39, 0.29) is 24.1 Å². The number of Topliss-reactive ketones (excluding diaryl/α,β-unsaturated/α-hetero) is 1. The summed E-state index contributed by atoms with van der Waals surface area (Å²) >= 11 is 9.20. The van der Waals surface area contributed by atoms with Crippen LogP contribution in [0.3, 0.4) is 0 Å². The molecule has 3 rings (SSSR count). The van der Waals surface area contributed by atoms with Crippen LogP contribution in [-0.4, -0.2) is 23.1 Å². The molecule has 27 heavy (non-hydrogen) atoms. The molecule has 0 aliphatic heterocycles. The minimum atomic E-state index is -4.93. The van der Waals surface area contributed by atoms with Gasteiger partial charge in [0, 0.05) is 26.6 Å². The van der Waals surface area contributed by atoms with Crippen molar-refractivity contribution in [1.29, 1.82) is 0 Å². The Balaban J connectivity index is 1.86. The van der Waals surface area contributed by atoms with Gasteiger partial charge in [-0.2, -0.15) is 13.2 Å². The van der Waals surface area contributed by atoms with Gasteiger partial charge in [-0.05, 0) is 48.9 Å². The van der Waals surface area contributed by atoms with E-state index < -0.39 is 12.0 Å². The van der Waals surface area contributed by atoms with Crippen LogP contribution in [0.15, 0.2) is 47.1 Å². The second-order valence-corrected chi connectivity index (χ2v) is 7.31. The minimum absolute atomic E-state index is 0.223. The third kappa shape index (κ3) is 4.30. The summed E-state index contributed by atoms with van der Waals surface area (Å²) in [5, 5.41) is 0.869. The summed E-state index contributed by atoms with van der Waals surface area (Å²) in [5.41, 5.74) is 1.02. The van der Waals surface area contributed by atoms with E-state index in [9.17, 15) is 18.0 Å². The molecule has 1 aromatic heterocycles. The number of nitrogens with zero attached hydrogens (tertiary/aromatic N) is 1. The lowest BCUT2D eigenvalue weighted by Gasteiger charge is -2.09. The molecule has 0 spiro atoms. The van der Waals surface area contributed by atoms with Crippen molar-refractivity contribution in [3.8, 4) is 5.75 Å². The molecule has 0 fully saturated rings. The van der Waals surface area contributed by atoms with E-state index in [2.05, 4.69) is 15.9 Å². The number of aromatic nitrogens is 1. The number of carbonyl (C=O) groups excluding carboxylic acids is 1. The van der Waals surface area contributed by atoms with Gasteiger partial charge in [-0.25, -0.2) is 0 Å². The molecule has 0 amide bonds. The predicted molar refractivity (Wildman–Crippen MR) is 102 cm³/mol. The highest BCUT2D eigenvalue weighted by Gasteiger charge is 2.40. The van der Waals surface area contributed by atoms with Crippen LogP contribution >= 0.6 is 27.5 Å². The van der Waals surface area contributed by atoms with Crippen molar-refractivity contribution in [3.05, 3.63) is 63.2 Å². The first-order valence-corrected chi connectivity index (χ1v) is 9.13. The third-order valence-corrected chi connectivity index (χ3v) is 4.99. The van der Waals surface area contributed by atoms with E-state index in [4.69, 9.17) is 16.3 Å². The molecule has 0 saturated carbocycles. The van der Waals surface area contributed by atoms with Crippen LogP contribution in [0.5, 0.6) is 5.75 Å². The van der Waals surface area contributed by atoms with Gasteiger partial charge in [-0.15, -0.1) is 0 Å². The molecular weight excluding hydrogens is 447 g/mol. The summed E-state index contributed by atoms with van der Waals surface area (Å²) in [6.45, 7) is 2.35. The Hall–Kier alpha value is -1.99. The largest absolute Gasteiger partial charge is 0.492 e. The summed E-state index contributed by atoms with van der Waals surface area (Å²) in [4.78, 5) is 11.8. The molecule has 3 aromatic rings. The number of benzene rings is 2. The van der Waals surface area contributed by atoms with Gasteiger partial charge in [0.2, 0.25) is 0 Å². The number of hydrogen-bond donors (Lipinski definition) is 0. The van der Waals surface area contributed by atoms with Crippen molar-refractivity contribution in [2.45, 2.75) is 19.6 Å². The standard InChI is InChI=1S/C19H14BrClF3NO2/c1-11-8-13(3-4-16(11)21)27-7-6-25-10-15(18(26)19(22,23)24)14-9-12(20)2-5-17(14)25/h2-5,8-10H,6-7H2,1H3. The zero-order valence-corrected chi connectivity index (χ0v) is 16.5. The fraction of sp³-hybridized carbons (Fsp3) is 0.211. The van der Waals surface area contributed by atoms with Gasteiger partial charge in [0.1, 0.15) is 12.4 Å². The third-order valence-electron chi connectivity index (χ3n) is 4.08. The van der Waals surface area contributed by atoms with Gasteiger partial charge in [0.25, 0.3) is 5.78 Å². The van der Waals surface area contributed by atoms with Gasteiger partial charge in [-0.3, -0.25) is 4.79 Å². The van der Waals surface area contributed by atoms with Crippen molar-refractivity contribution < 1.29 is 22.7 Å². The summed E-state index contributed by atoms with van der Waals surface area (Å²) in [6.07, 6.45) is -3.71. The normalized spacial score (nSPS) is 11.8. The van der Waals surface area contributed by atoms with Crippen molar-refractivity contribution in [1.82, 2.24) is 4.57 Å². The highest BCUT2D eigenvalue weighted by molar-refractivity contribution is 9.10. The number of aryl methyl sites for hydroxylation is 1. The van der Waals surface area contributed by atoms with Gasteiger partial charge in [0.05, 0.1) is 12.1 Å². The van der Waals surface area contributed by atoms with E-state index >= 15 is 0 Å². The molecule has 0 aliphatic rings. The number of carbonyl (C=O) groups is 1. The summed E-state index contributed by atoms with van der Waals surface area (Å²) in [5.74, 6) is -1.25. The Kier molecular flexibility index (Phi) is 5.53. The second kappa shape index (κ2) is 7.56. The molecule has 8 heteroatoms. The van der Waals surface area contributed by atoms with Gasteiger partial charge in [0.15, 0.2) is 0 Å². The number of halogens is 5. The molecule has 0 unspecified atom stereocenters. The van der Waals surface area contributed by atoms with Crippen LogP contribution in [-0.2, 0) is 6.54 Å². The molecule has 0 radical (unpaired) electrons. The van der Waals surface area contributed by atoms with Gasteiger partial charge >= 0.3 is 6.18 Å². The number of alkyl halides is 3. The average molecular weight is 461 g/mol. The molecular formula is C19H14BrClF3NO2. The zero-order chi connectivity index (χ0) is 19.8. The lowest BCUT2D eigenvalue weighted by atomic mass is 10.1. The lowest BCUT2D eigenvalue weighted by molar-refractivity contribution is -0.0884. The SMILES string of the molecule is Cc1cc(OCCn2cc(C(=O)C(F)(F)F)c3cc(Br)ccc32)ccc1Cl. The number of ketones is 1. The average Bonchev–Trinajstić information content (AvgIpc) is 2.94. The van der Waals surface area contributed by atoms with Crippen LogP contribution < -0.4 is 4.74 Å². The molecule has 1 heterocycles. The van der Waals surface area contributed by atoms with E-state index in [0.29, 0.717) is 20.8 Å². The van der Waals surface area contributed by atoms with Gasteiger partial charge in [-0.1, -0.05) is 27.5 Å². The fourth-order valence-electron chi connectivity index (χ4n) is 2.76. The quantitative estimate of drug-likeness (QED) is 0.425. The van der Waals surface area contributed by atoms with E-state index in [0.717, 1.165) is 5.56 Å². The molecule has 2 aromatic carbocycles. The van der Waals surface area contributed by atoms with Crippen LogP contribution in [0.25, 0.3) is 10.9 Å². The Morgan fingerprint density at radius 2 is 1.96 bits per heavy atom. The highest BCUT2D eigenvalue weighted by atomic mass is 79.9. The Morgan fingerprint density at radius 3 is 2.63 bits per heavy atom. The van der Waals surface area contributed by atoms with Crippen LogP contribution in [0.1, 0.15) is 15.9 Å². The number of fused-ring (bicyclic) bond motifs is 1. The predicted octanol–water partition coefficient (Wildman–Crippen LogP) is 6.19. The number of rotatable bonds is 5. The second-order valence-electron chi connectivity index (χ2n) is 5.98. The Morgan fingerprint density at radius 1 is 1.22 bits per heavy atom. The fourth-order valence-corrected chi connectivity index (χ4v) is 3.24. The first kappa shape index (κ1) is 19.8. The maximum absolute atomic E-state index is 12.9. The molecule has 3 nitrogen and oxygen atoms in total.